The number of benzene rings is 2. The first kappa shape index (κ1) is 13.4. The Labute approximate surface area is 113 Å². The van der Waals surface area contributed by atoms with E-state index in [1.807, 2.05) is 44.2 Å². The number of aliphatic hydroxyl groups is 1. The molecule has 1 atom stereocenters. The zero-order valence-corrected chi connectivity index (χ0v) is 11.5. The molecule has 3 heteroatoms. The number of rotatable bonds is 3. The second-order valence-corrected chi connectivity index (χ2v) is 4.75. The van der Waals surface area contributed by atoms with E-state index >= 15 is 0 Å². The molecule has 19 heavy (non-hydrogen) atoms. The molecule has 0 heterocycles. The first-order valence-electron chi connectivity index (χ1n) is 6.21. The van der Waals surface area contributed by atoms with Crippen LogP contribution >= 0.6 is 0 Å². The van der Waals surface area contributed by atoms with Crippen molar-refractivity contribution >= 4 is 5.69 Å². The van der Waals surface area contributed by atoms with Crippen LogP contribution in [0.2, 0.25) is 0 Å². The number of anilines is 1. The molecule has 2 rings (SSSR count). The molecule has 3 N–H and O–H groups in total. The highest BCUT2D eigenvalue weighted by atomic mass is 16.5. The van der Waals surface area contributed by atoms with Crippen LogP contribution in [-0.2, 0) is 0 Å². The maximum absolute atomic E-state index is 10.5. The molecule has 100 valence electrons. The lowest BCUT2D eigenvalue weighted by Crippen LogP contribution is -2.04. The molecule has 0 spiro atoms. The van der Waals surface area contributed by atoms with Crippen molar-refractivity contribution in [3.05, 3.63) is 58.7 Å². The Balaban J connectivity index is 2.44. The van der Waals surface area contributed by atoms with Crippen molar-refractivity contribution in [2.24, 2.45) is 0 Å². The summed E-state index contributed by atoms with van der Waals surface area (Å²) in [6.07, 6.45) is -0.673. The second kappa shape index (κ2) is 5.33. The van der Waals surface area contributed by atoms with Crippen LogP contribution in [0.1, 0.15) is 28.4 Å². The predicted octanol–water partition coefficient (Wildman–Crippen LogP) is 2.98. The van der Waals surface area contributed by atoms with Crippen LogP contribution in [0.4, 0.5) is 5.69 Å². The standard InChI is InChI=1S/C16H19NO2/c1-10-8-15(19-3)11(2)7-14(10)16(18)12-5-4-6-13(17)9-12/h4-9,16,18H,17H2,1-3H3. The third-order valence-corrected chi connectivity index (χ3v) is 3.30. The van der Waals surface area contributed by atoms with Gasteiger partial charge >= 0.3 is 0 Å². The third kappa shape index (κ3) is 2.71. The highest BCUT2D eigenvalue weighted by Gasteiger charge is 2.15. The molecule has 0 radical (unpaired) electrons. The Hall–Kier alpha value is -2.00. The summed E-state index contributed by atoms with van der Waals surface area (Å²) in [6.45, 7) is 3.93. The average Bonchev–Trinajstić information content (AvgIpc) is 2.40. The molecule has 2 aromatic rings. The molecule has 3 nitrogen and oxygen atoms in total. The van der Waals surface area contributed by atoms with Gasteiger partial charge in [0.15, 0.2) is 0 Å². The fourth-order valence-electron chi connectivity index (χ4n) is 2.24. The number of ether oxygens (including phenoxy) is 1. The van der Waals surface area contributed by atoms with E-state index in [-0.39, 0.29) is 0 Å². The van der Waals surface area contributed by atoms with Crippen molar-refractivity contribution in [2.75, 3.05) is 12.8 Å². The molecule has 0 saturated heterocycles. The van der Waals surface area contributed by atoms with Crippen LogP contribution in [0.3, 0.4) is 0 Å². The van der Waals surface area contributed by atoms with E-state index in [9.17, 15) is 5.11 Å². The normalized spacial score (nSPS) is 12.2. The molecule has 0 aliphatic carbocycles. The quantitative estimate of drug-likeness (QED) is 0.831. The van der Waals surface area contributed by atoms with Crippen LogP contribution in [0, 0.1) is 13.8 Å². The summed E-state index contributed by atoms with van der Waals surface area (Å²) in [5, 5.41) is 10.5. The highest BCUT2D eigenvalue weighted by molar-refractivity contribution is 5.48. The van der Waals surface area contributed by atoms with E-state index in [1.165, 1.54) is 0 Å². The van der Waals surface area contributed by atoms with Gasteiger partial charge in [-0.2, -0.15) is 0 Å². The van der Waals surface area contributed by atoms with Crippen molar-refractivity contribution < 1.29 is 9.84 Å². The Morgan fingerprint density at radius 3 is 2.47 bits per heavy atom. The maximum atomic E-state index is 10.5. The Morgan fingerprint density at radius 2 is 1.84 bits per heavy atom. The molecule has 0 amide bonds. The van der Waals surface area contributed by atoms with Gasteiger partial charge in [-0.25, -0.2) is 0 Å². The molecule has 0 aliphatic heterocycles. The first-order valence-corrected chi connectivity index (χ1v) is 6.21. The molecule has 1 unspecified atom stereocenters. The number of aryl methyl sites for hydroxylation is 2. The zero-order valence-electron chi connectivity index (χ0n) is 11.5. The minimum atomic E-state index is -0.673. The molecule has 0 fully saturated rings. The summed E-state index contributed by atoms with van der Waals surface area (Å²) in [4.78, 5) is 0. The predicted molar refractivity (Wildman–Crippen MR) is 77.4 cm³/mol. The fourth-order valence-corrected chi connectivity index (χ4v) is 2.24. The van der Waals surface area contributed by atoms with Gasteiger partial charge in [-0.15, -0.1) is 0 Å². The van der Waals surface area contributed by atoms with Crippen molar-refractivity contribution in [1.82, 2.24) is 0 Å². The van der Waals surface area contributed by atoms with E-state index in [4.69, 9.17) is 10.5 Å². The fraction of sp³-hybridized carbons (Fsp3) is 0.250. The lowest BCUT2D eigenvalue weighted by Gasteiger charge is -2.17. The molecule has 0 saturated carbocycles. The SMILES string of the molecule is COc1cc(C)c(C(O)c2cccc(N)c2)cc1C. The Kier molecular flexibility index (Phi) is 3.76. The number of hydrogen-bond donors (Lipinski definition) is 2. The summed E-state index contributed by atoms with van der Waals surface area (Å²) >= 11 is 0. The van der Waals surface area contributed by atoms with Crippen LogP contribution < -0.4 is 10.5 Å². The van der Waals surface area contributed by atoms with Gasteiger partial charge in [-0.05, 0) is 60.4 Å². The van der Waals surface area contributed by atoms with E-state index in [0.717, 1.165) is 28.0 Å². The number of methoxy groups -OCH3 is 1. The van der Waals surface area contributed by atoms with Crippen molar-refractivity contribution in [1.29, 1.82) is 0 Å². The van der Waals surface area contributed by atoms with Crippen molar-refractivity contribution in [3.63, 3.8) is 0 Å². The Morgan fingerprint density at radius 1 is 1.11 bits per heavy atom. The summed E-state index contributed by atoms with van der Waals surface area (Å²) in [5.41, 5.74) is 10.1. The van der Waals surface area contributed by atoms with Crippen LogP contribution in [0.5, 0.6) is 5.75 Å². The molecular weight excluding hydrogens is 238 g/mol. The monoisotopic (exact) mass is 257 g/mol. The second-order valence-electron chi connectivity index (χ2n) is 4.75. The first-order chi connectivity index (χ1) is 9.02. The van der Waals surface area contributed by atoms with Gasteiger partial charge in [-0.3, -0.25) is 0 Å². The number of nitrogen functional groups attached to an aromatic ring is 1. The summed E-state index contributed by atoms with van der Waals surface area (Å²) in [6, 6.07) is 11.2. The lowest BCUT2D eigenvalue weighted by atomic mass is 9.95. The van der Waals surface area contributed by atoms with E-state index < -0.39 is 6.10 Å². The minimum absolute atomic E-state index is 0.652. The van der Waals surface area contributed by atoms with E-state index in [0.29, 0.717) is 5.69 Å². The van der Waals surface area contributed by atoms with Gasteiger partial charge < -0.3 is 15.6 Å². The van der Waals surface area contributed by atoms with Gasteiger partial charge in [0.25, 0.3) is 0 Å². The topological polar surface area (TPSA) is 55.5 Å². The molecule has 0 aromatic heterocycles. The van der Waals surface area contributed by atoms with E-state index in [2.05, 4.69) is 0 Å². The number of nitrogens with two attached hydrogens (primary N) is 1. The summed E-state index contributed by atoms with van der Waals surface area (Å²) < 4.78 is 5.28. The molecule has 0 bridgehead atoms. The van der Waals surface area contributed by atoms with Crippen molar-refractivity contribution in [2.45, 2.75) is 20.0 Å². The summed E-state index contributed by atoms with van der Waals surface area (Å²) in [7, 11) is 1.65. The zero-order chi connectivity index (χ0) is 14.0. The van der Waals surface area contributed by atoms with Crippen LogP contribution in [0.15, 0.2) is 36.4 Å². The van der Waals surface area contributed by atoms with Crippen molar-refractivity contribution in [3.8, 4) is 5.75 Å². The van der Waals surface area contributed by atoms with Gasteiger partial charge in [0.2, 0.25) is 0 Å². The minimum Gasteiger partial charge on any atom is -0.496 e. The lowest BCUT2D eigenvalue weighted by molar-refractivity contribution is 0.219. The molecule has 0 aliphatic rings. The maximum Gasteiger partial charge on any atom is 0.122 e. The van der Waals surface area contributed by atoms with Gasteiger partial charge in [0.1, 0.15) is 11.9 Å². The largest absolute Gasteiger partial charge is 0.496 e. The highest BCUT2D eigenvalue weighted by Crippen LogP contribution is 2.30. The Bertz CT molecular complexity index is 593. The van der Waals surface area contributed by atoms with Crippen LogP contribution in [-0.4, -0.2) is 12.2 Å². The smallest absolute Gasteiger partial charge is 0.122 e. The summed E-state index contributed by atoms with van der Waals surface area (Å²) in [5.74, 6) is 0.834. The van der Waals surface area contributed by atoms with Crippen LogP contribution in [0.25, 0.3) is 0 Å². The van der Waals surface area contributed by atoms with Gasteiger partial charge in [0.05, 0.1) is 7.11 Å². The van der Waals surface area contributed by atoms with E-state index in [1.54, 1.807) is 13.2 Å². The third-order valence-electron chi connectivity index (χ3n) is 3.30. The number of aliphatic hydroxyl groups excluding tert-OH is 1. The average molecular weight is 257 g/mol. The van der Waals surface area contributed by atoms with Gasteiger partial charge in [0, 0.05) is 5.69 Å². The molecular formula is C16H19NO2. The van der Waals surface area contributed by atoms with Gasteiger partial charge in [-0.1, -0.05) is 12.1 Å². The number of hydrogen-bond acceptors (Lipinski definition) is 3. The molecule has 2 aromatic carbocycles.